The first-order valence-electron chi connectivity index (χ1n) is 13.5. The summed E-state index contributed by atoms with van der Waals surface area (Å²) in [6, 6.07) is 0. The molecule has 5 rings (SSSR count). The first-order chi connectivity index (χ1) is 17.2. The summed E-state index contributed by atoms with van der Waals surface area (Å²) in [6.07, 6.45) is 13.8. The molecule has 8 nitrogen and oxygen atoms in total. The minimum absolute atomic E-state index is 0.0569. The van der Waals surface area contributed by atoms with Gasteiger partial charge in [0.15, 0.2) is 12.4 Å². The number of imidazole rings is 1. The monoisotopic (exact) mass is 496 g/mol. The lowest BCUT2D eigenvalue weighted by Crippen LogP contribution is -2.57. The summed E-state index contributed by atoms with van der Waals surface area (Å²) in [4.78, 5) is 36.9. The van der Waals surface area contributed by atoms with Crippen LogP contribution in [0, 0.1) is 28.6 Å². The molecule has 36 heavy (non-hydrogen) atoms. The zero-order chi connectivity index (χ0) is 25.6. The molecule has 0 bridgehead atoms. The van der Waals surface area contributed by atoms with Crippen molar-refractivity contribution in [3.05, 3.63) is 29.9 Å². The van der Waals surface area contributed by atoms with Crippen LogP contribution < -0.4 is 5.32 Å². The van der Waals surface area contributed by atoms with Crippen molar-refractivity contribution in [2.45, 2.75) is 84.2 Å². The average Bonchev–Trinajstić information content (AvgIpc) is 3.46. The van der Waals surface area contributed by atoms with E-state index in [4.69, 9.17) is 4.84 Å². The molecule has 4 aliphatic rings. The summed E-state index contributed by atoms with van der Waals surface area (Å²) in [6.45, 7) is 6.59. The molecule has 196 valence electrons. The number of oxime groups is 1. The zero-order valence-corrected chi connectivity index (χ0v) is 21.8. The Labute approximate surface area is 213 Å². The quantitative estimate of drug-likeness (QED) is 0.498. The molecule has 1 aromatic rings. The zero-order valence-electron chi connectivity index (χ0n) is 21.8. The highest BCUT2D eigenvalue weighted by atomic mass is 16.6. The number of hydrogen-bond donors (Lipinski definition) is 3. The lowest BCUT2D eigenvalue weighted by molar-refractivity contribution is -0.159. The topological polar surface area (TPSA) is 117 Å². The maximum atomic E-state index is 12.4. The highest BCUT2D eigenvalue weighted by molar-refractivity contribution is 5.96. The van der Waals surface area contributed by atoms with Crippen LogP contribution in [-0.4, -0.2) is 51.2 Å². The molecular formula is C28H40N4O4. The van der Waals surface area contributed by atoms with Gasteiger partial charge in [0, 0.05) is 30.3 Å². The highest BCUT2D eigenvalue weighted by Crippen LogP contribution is 2.67. The summed E-state index contributed by atoms with van der Waals surface area (Å²) in [7, 11) is 0. The molecule has 0 aromatic carbocycles. The Morgan fingerprint density at radius 1 is 1.19 bits per heavy atom. The molecular weight excluding hydrogens is 456 g/mol. The number of amides is 1. The number of nitrogens with zero attached hydrogens (tertiary/aromatic N) is 2. The van der Waals surface area contributed by atoms with Gasteiger partial charge in [0.1, 0.15) is 5.60 Å². The van der Waals surface area contributed by atoms with Crippen molar-refractivity contribution in [2.24, 2.45) is 33.7 Å². The van der Waals surface area contributed by atoms with E-state index in [0.29, 0.717) is 37.1 Å². The van der Waals surface area contributed by atoms with Crippen molar-refractivity contribution in [2.75, 3.05) is 13.2 Å². The molecule has 1 aromatic heterocycles. The standard InChI is InChI=1S/C28H40N4O4/c1-18(33)28(35)12-8-24-22-5-4-19-14-20(6-10-26(19,2)23(22)7-11-27(24,28)3)32-36-16-25(34)30-13-9-21-15-29-17-31-21/h14-15,17,22-24,35H,4-13,16H2,1-3H3,(H,29,31)(H,30,34)/b32-20+/t22-,23+,24+,26+,27+,28+/m0/s1. The van der Waals surface area contributed by atoms with Crippen LogP contribution in [0.4, 0.5) is 0 Å². The van der Waals surface area contributed by atoms with Gasteiger partial charge < -0.3 is 20.2 Å². The van der Waals surface area contributed by atoms with Gasteiger partial charge in [0.25, 0.3) is 5.91 Å². The van der Waals surface area contributed by atoms with Crippen molar-refractivity contribution in [3.8, 4) is 0 Å². The SMILES string of the molecule is CC(=O)[C@]1(O)CC[C@@H]2[C@H]3CCC4=C/C(=N/OCC(=O)NCCc5cnc[nH]5)CC[C@@]4(C)[C@@H]3CC[C@]21C. The molecule has 1 heterocycles. The number of ketones is 1. The van der Waals surface area contributed by atoms with Crippen LogP contribution in [0.15, 0.2) is 29.3 Å². The molecule has 0 aliphatic heterocycles. The maximum Gasteiger partial charge on any atom is 0.260 e. The number of fused-ring (bicyclic) bond motifs is 5. The average molecular weight is 497 g/mol. The van der Waals surface area contributed by atoms with Crippen LogP contribution in [0.5, 0.6) is 0 Å². The van der Waals surface area contributed by atoms with Crippen LogP contribution in [0.1, 0.15) is 77.8 Å². The Kier molecular flexibility index (Phi) is 6.60. The van der Waals surface area contributed by atoms with Gasteiger partial charge in [0.05, 0.1) is 12.0 Å². The first kappa shape index (κ1) is 25.2. The van der Waals surface area contributed by atoms with Crippen LogP contribution in [-0.2, 0) is 20.8 Å². The van der Waals surface area contributed by atoms with E-state index in [9.17, 15) is 14.7 Å². The van der Waals surface area contributed by atoms with E-state index in [1.807, 2.05) is 0 Å². The number of allylic oxidation sites excluding steroid dienone is 2. The first-order valence-corrected chi connectivity index (χ1v) is 13.5. The number of aliphatic hydroxyl groups is 1. The minimum Gasteiger partial charge on any atom is -0.385 e. The highest BCUT2D eigenvalue weighted by Gasteiger charge is 2.65. The number of carbonyl (C=O) groups is 2. The second kappa shape index (κ2) is 9.43. The fourth-order valence-corrected chi connectivity index (χ4v) is 8.22. The Morgan fingerprint density at radius 2 is 2.00 bits per heavy atom. The fourth-order valence-electron chi connectivity index (χ4n) is 8.22. The summed E-state index contributed by atoms with van der Waals surface area (Å²) in [5, 5.41) is 18.5. The number of H-pyrrole nitrogens is 1. The van der Waals surface area contributed by atoms with Crippen molar-refractivity contribution < 1.29 is 19.5 Å². The number of carbonyl (C=O) groups excluding carboxylic acids is 2. The summed E-state index contributed by atoms with van der Waals surface area (Å²) >= 11 is 0. The van der Waals surface area contributed by atoms with E-state index in [-0.39, 0.29) is 29.1 Å². The normalized spacial score (nSPS) is 38.5. The molecule has 4 aliphatic carbocycles. The Balaban J connectivity index is 1.19. The number of hydrogen-bond acceptors (Lipinski definition) is 6. The van der Waals surface area contributed by atoms with Crippen molar-refractivity contribution in [3.63, 3.8) is 0 Å². The van der Waals surface area contributed by atoms with Crippen LogP contribution in [0.3, 0.4) is 0 Å². The van der Waals surface area contributed by atoms with E-state index in [1.165, 1.54) is 5.57 Å². The van der Waals surface area contributed by atoms with Crippen molar-refractivity contribution in [1.82, 2.24) is 15.3 Å². The summed E-state index contributed by atoms with van der Waals surface area (Å²) < 4.78 is 0. The van der Waals surface area contributed by atoms with Gasteiger partial charge in [0.2, 0.25) is 0 Å². The molecule has 3 fully saturated rings. The van der Waals surface area contributed by atoms with Gasteiger partial charge in [-0.3, -0.25) is 9.59 Å². The molecule has 0 radical (unpaired) electrons. The molecule has 3 N–H and O–H groups in total. The van der Waals surface area contributed by atoms with Crippen LogP contribution in [0.2, 0.25) is 0 Å². The predicted octanol–water partition coefficient (Wildman–Crippen LogP) is 3.72. The van der Waals surface area contributed by atoms with Crippen LogP contribution >= 0.6 is 0 Å². The van der Waals surface area contributed by atoms with Gasteiger partial charge in [-0.15, -0.1) is 0 Å². The van der Waals surface area contributed by atoms with E-state index >= 15 is 0 Å². The number of aromatic nitrogens is 2. The Morgan fingerprint density at radius 3 is 2.75 bits per heavy atom. The molecule has 1 amide bonds. The molecule has 0 unspecified atom stereocenters. The lowest BCUT2D eigenvalue weighted by Gasteiger charge is -2.59. The molecule has 8 heteroatoms. The second-order valence-electron chi connectivity index (χ2n) is 11.9. The van der Waals surface area contributed by atoms with E-state index in [0.717, 1.165) is 56.4 Å². The van der Waals surface area contributed by atoms with Crippen molar-refractivity contribution >= 4 is 17.4 Å². The van der Waals surface area contributed by atoms with Gasteiger partial charge in [-0.05, 0) is 87.5 Å². The molecule has 0 saturated heterocycles. The largest absolute Gasteiger partial charge is 0.385 e. The van der Waals surface area contributed by atoms with Gasteiger partial charge in [-0.2, -0.15) is 0 Å². The lowest BCUT2D eigenvalue weighted by atomic mass is 9.46. The smallest absolute Gasteiger partial charge is 0.260 e. The summed E-state index contributed by atoms with van der Waals surface area (Å²) in [5.41, 5.74) is 2.02. The Bertz CT molecular complexity index is 1070. The van der Waals surface area contributed by atoms with Gasteiger partial charge in [-0.1, -0.05) is 24.6 Å². The van der Waals surface area contributed by atoms with E-state index < -0.39 is 5.60 Å². The fraction of sp³-hybridized carbons (Fsp3) is 0.714. The summed E-state index contributed by atoms with van der Waals surface area (Å²) in [5.74, 6) is 1.31. The number of Topliss-reactive ketones (excluding diaryl/α,β-unsaturated/α-hetero) is 1. The maximum absolute atomic E-state index is 12.4. The molecule has 6 atom stereocenters. The van der Waals surface area contributed by atoms with E-state index in [2.05, 4.69) is 40.4 Å². The number of rotatable bonds is 7. The van der Waals surface area contributed by atoms with Gasteiger partial charge >= 0.3 is 0 Å². The third-order valence-electron chi connectivity index (χ3n) is 10.4. The third kappa shape index (κ3) is 4.11. The number of nitrogens with one attached hydrogen (secondary N) is 2. The predicted molar refractivity (Wildman–Crippen MR) is 136 cm³/mol. The van der Waals surface area contributed by atoms with Crippen molar-refractivity contribution in [1.29, 1.82) is 0 Å². The van der Waals surface area contributed by atoms with Gasteiger partial charge in [-0.25, -0.2) is 4.98 Å². The van der Waals surface area contributed by atoms with E-state index in [1.54, 1.807) is 19.4 Å². The molecule has 3 saturated carbocycles. The number of aromatic amines is 1. The minimum atomic E-state index is -1.16. The third-order valence-corrected chi connectivity index (χ3v) is 10.4. The second-order valence-corrected chi connectivity index (χ2v) is 11.9. The van der Waals surface area contributed by atoms with Crippen LogP contribution in [0.25, 0.3) is 0 Å². The Hall–Kier alpha value is -2.48. The molecule has 0 spiro atoms.